The van der Waals surface area contributed by atoms with Gasteiger partial charge in [-0.3, -0.25) is 4.79 Å². The van der Waals surface area contributed by atoms with E-state index in [1.165, 1.54) is 0 Å². The number of halogens is 3. The number of ketones is 1. The molecule has 1 saturated heterocycles. The molecule has 6 nitrogen and oxygen atoms in total. The van der Waals surface area contributed by atoms with Crippen molar-refractivity contribution in [1.82, 2.24) is 4.67 Å². The van der Waals surface area contributed by atoms with E-state index in [2.05, 4.69) is 4.18 Å². The molecule has 3 aliphatic rings. The van der Waals surface area contributed by atoms with Crippen LogP contribution in [0.3, 0.4) is 0 Å². The van der Waals surface area contributed by atoms with Crippen molar-refractivity contribution < 1.29 is 35.3 Å². The molecule has 0 bridgehead atoms. The number of hydrogen-bond acceptors (Lipinski definition) is 6. The number of fused-ring (bicyclic) bond motifs is 2. The summed E-state index contributed by atoms with van der Waals surface area (Å²) in [6.45, 7) is 2.47. The van der Waals surface area contributed by atoms with Crippen molar-refractivity contribution in [1.29, 1.82) is 0 Å². The van der Waals surface area contributed by atoms with Crippen LogP contribution in [-0.2, 0) is 23.8 Å². The molecule has 2 atom stereocenters. The minimum absolute atomic E-state index is 0.189. The van der Waals surface area contributed by atoms with Crippen LogP contribution in [0.1, 0.15) is 12.8 Å². The first-order valence-electron chi connectivity index (χ1n) is 6.72. The summed E-state index contributed by atoms with van der Waals surface area (Å²) in [6.07, 6.45) is 1.47. The Morgan fingerprint density at radius 3 is 2.65 bits per heavy atom. The fraction of sp³-hybridized carbons (Fsp3) is 0.583. The summed E-state index contributed by atoms with van der Waals surface area (Å²) in [6, 6.07) is 0. The molecular formula is C12H13F3NO5PS. The van der Waals surface area contributed by atoms with E-state index in [1.54, 1.807) is 0 Å². The fourth-order valence-electron chi connectivity index (χ4n) is 2.69. The van der Waals surface area contributed by atoms with Crippen LogP contribution in [0.2, 0.25) is 0 Å². The Balaban J connectivity index is 2.02. The Morgan fingerprint density at radius 1 is 1.35 bits per heavy atom. The maximum Gasteiger partial charge on any atom is 0.534 e. The van der Waals surface area contributed by atoms with Crippen LogP contribution in [0.5, 0.6) is 0 Å². The van der Waals surface area contributed by atoms with Gasteiger partial charge in [-0.25, -0.2) is 0 Å². The quantitative estimate of drug-likeness (QED) is 0.320. The molecule has 1 fully saturated rings. The Hall–Kier alpha value is -1.12. The van der Waals surface area contributed by atoms with Gasteiger partial charge in [-0.2, -0.15) is 21.6 Å². The summed E-state index contributed by atoms with van der Waals surface area (Å²) >= 11 is 0. The SMILES string of the molecule is CP1C2C(=O)C=C(OS(=O)(=O)C(F)(F)F)C3=C(CCOCC3)N21. The standard InChI is InChI=1S/C12H13F3NO5PS/c1-22-11-9(17)6-10(21-23(18,19)12(13,14)15)7-2-4-20-5-3-8(7)16(11)22/h6,11H,2-5H2,1H3. The highest BCUT2D eigenvalue weighted by Gasteiger charge is 2.54. The molecular weight excluding hydrogens is 358 g/mol. The lowest BCUT2D eigenvalue weighted by Gasteiger charge is -2.17. The molecule has 128 valence electrons. The number of carbonyl (C=O) groups excluding carboxylic acids is 1. The average Bonchev–Trinajstić information content (AvgIpc) is 3.13. The third kappa shape index (κ3) is 2.88. The van der Waals surface area contributed by atoms with Gasteiger partial charge in [0.2, 0.25) is 0 Å². The van der Waals surface area contributed by atoms with Crippen molar-refractivity contribution in [2.24, 2.45) is 0 Å². The van der Waals surface area contributed by atoms with E-state index >= 15 is 0 Å². The van der Waals surface area contributed by atoms with Gasteiger partial charge in [-0.15, -0.1) is 0 Å². The second-order valence-electron chi connectivity index (χ2n) is 5.22. The van der Waals surface area contributed by atoms with Crippen molar-refractivity contribution in [3.05, 3.63) is 23.1 Å². The highest BCUT2D eigenvalue weighted by atomic mass is 32.2. The predicted octanol–water partition coefficient (Wildman–Crippen LogP) is 2.05. The minimum Gasteiger partial charge on any atom is -0.381 e. The molecule has 0 aromatic rings. The maximum absolute atomic E-state index is 12.6. The lowest BCUT2D eigenvalue weighted by Crippen LogP contribution is -2.26. The molecule has 0 amide bonds. The van der Waals surface area contributed by atoms with Gasteiger partial charge < -0.3 is 13.6 Å². The third-order valence-corrected chi connectivity index (χ3v) is 6.86. The van der Waals surface area contributed by atoms with Gasteiger partial charge >= 0.3 is 15.6 Å². The van der Waals surface area contributed by atoms with E-state index in [1.807, 2.05) is 11.3 Å². The van der Waals surface area contributed by atoms with Crippen molar-refractivity contribution >= 4 is 24.0 Å². The Labute approximate surface area is 131 Å². The lowest BCUT2D eigenvalue weighted by atomic mass is 10.1. The molecule has 3 aliphatic heterocycles. The number of allylic oxidation sites excluding steroid dienone is 1. The second kappa shape index (κ2) is 5.46. The van der Waals surface area contributed by atoms with E-state index in [4.69, 9.17) is 4.74 Å². The monoisotopic (exact) mass is 371 g/mol. The second-order valence-corrected chi connectivity index (χ2v) is 8.83. The average molecular weight is 371 g/mol. The minimum atomic E-state index is -5.82. The van der Waals surface area contributed by atoms with Crippen molar-refractivity contribution in [2.75, 3.05) is 19.9 Å². The number of nitrogens with zero attached hydrogens (tertiary/aromatic N) is 1. The van der Waals surface area contributed by atoms with E-state index in [0.717, 1.165) is 6.08 Å². The van der Waals surface area contributed by atoms with Gasteiger partial charge in [0.05, 0.1) is 13.2 Å². The van der Waals surface area contributed by atoms with Gasteiger partial charge in [-0.05, 0) is 6.66 Å². The maximum atomic E-state index is 12.6. The van der Waals surface area contributed by atoms with Crippen LogP contribution in [0.15, 0.2) is 23.1 Å². The zero-order chi connectivity index (χ0) is 17.0. The van der Waals surface area contributed by atoms with Crippen molar-refractivity contribution in [3.63, 3.8) is 0 Å². The van der Waals surface area contributed by atoms with E-state index in [0.29, 0.717) is 24.3 Å². The molecule has 11 heteroatoms. The molecule has 2 unspecified atom stereocenters. The van der Waals surface area contributed by atoms with Crippen LogP contribution >= 0.6 is 8.07 Å². The van der Waals surface area contributed by atoms with Crippen molar-refractivity contribution in [3.8, 4) is 0 Å². The first kappa shape index (κ1) is 16.7. The number of rotatable bonds is 2. The summed E-state index contributed by atoms with van der Waals surface area (Å²) in [4.78, 5) is 12.1. The molecule has 23 heavy (non-hydrogen) atoms. The van der Waals surface area contributed by atoms with Crippen LogP contribution < -0.4 is 0 Å². The summed E-state index contributed by atoms with van der Waals surface area (Å²) < 4.78 is 71.7. The predicted molar refractivity (Wildman–Crippen MR) is 74.7 cm³/mol. The first-order chi connectivity index (χ1) is 10.6. The number of hydrogen-bond donors (Lipinski definition) is 0. The Kier molecular flexibility index (Phi) is 3.97. The highest BCUT2D eigenvalue weighted by molar-refractivity contribution is 7.87. The molecule has 0 aromatic heterocycles. The Bertz CT molecular complexity index is 715. The molecule has 0 N–H and O–H groups in total. The highest BCUT2D eigenvalue weighted by Crippen LogP contribution is 2.66. The largest absolute Gasteiger partial charge is 0.534 e. The summed E-state index contributed by atoms with van der Waals surface area (Å²) in [7, 11) is -6.55. The topological polar surface area (TPSA) is 72.7 Å². The number of alkyl halides is 3. The van der Waals surface area contributed by atoms with Crippen LogP contribution in [-0.4, -0.2) is 50.0 Å². The lowest BCUT2D eigenvalue weighted by molar-refractivity contribution is -0.114. The zero-order valence-corrected chi connectivity index (χ0v) is 13.7. The zero-order valence-electron chi connectivity index (χ0n) is 12.0. The number of ether oxygens (including phenoxy) is 1. The van der Waals surface area contributed by atoms with Gasteiger partial charge in [0.1, 0.15) is 5.78 Å². The normalized spacial score (nSPS) is 28.4. The summed E-state index contributed by atoms with van der Waals surface area (Å²) in [5.74, 6) is -1.38. The molecule has 0 radical (unpaired) electrons. The van der Waals surface area contributed by atoms with E-state index in [-0.39, 0.29) is 13.0 Å². The van der Waals surface area contributed by atoms with Crippen LogP contribution in [0, 0.1) is 0 Å². The molecule has 0 saturated carbocycles. The molecule has 3 heterocycles. The van der Waals surface area contributed by atoms with E-state index < -0.39 is 41.0 Å². The van der Waals surface area contributed by atoms with Gasteiger partial charge in [0.15, 0.2) is 11.5 Å². The van der Waals surface area contributed by atoms with Crippen molar-refractivity contribution in [2.45, 2.75) is 24.1 Å². The number of carbonyl (C=O) groups is 1. The van der Waals surface area contributed by atoms with Gasteiger partial charge in [0.25, 0.3) is 0 Å². The fourth-order valence-corrected chi connectivity index (χ4v) is 5.28. The summed E-state index contributed by atoms with van der Waals surface area (Å²) in [5, 5.41) is 0. The molecule has 0 spiro atoms. The molecule has 3 rings (SSSR count). The molecule has 0 aromatic carbocycles. The van der Waals surface area contributed by atoms with E-state index in [9.17, 15) is 26.4 Å². The van der Waals surface area contributed by atoms with Gasteiger partial charge in [0, 0.05) is 38.3 Å². The van der Waals surface area contributed by atoms with Crippen LogP contribution in [0.4, 0.5) is 13.2 Å². The van der Waals surface area contributed by atoms with Gasteiger partial charge in [-0.1, -0.05) is 0 Å². The summed E-state index contributed by atoms with van der Waals surface area (Å²) in [5.41, 5.74) is -4.60. The third-order valence-electron chi connectivity index (χ3n) is 3.78. The Morgan fingerprint density at radius 2 is 2.00 bits per heavy atom. The van der Waals surface area contributed by atoms with Crippen LogP contribution in [0.25, 0.3) is 0 Å². The first-order valence-corrected chi connectivity index (χ1v) is 9.94. The smallest absolute Gasteiger partial charge is 0.381 e. The molecule has 0 aliphatic carbocycles.